The molecule has 1 aliphatic rings. The standard InChI is InChI=1S/C20H23N3O3/c1-14-3-6-17(20(25)26-2)12-23(14)19(24)9-15-4-7-16(8-5-15)18-10-21-13-22-11-18/h4-5,7-8,10-11,13-14,17H,3,6,9,12H2,1-2H3/t14-,17+/m1/s1. The molecule has 1 fully saturated rings. The monoisotopic (exact) mass is 353 g/mol. The van der Waals surface area contributed by atoms with Crippen LogP contribution in [0.3, 0.4) is 0 Å². The third-order valence-corrected chi connectivity index (χ3v) is 4.94. The van der Waals surface area contributed by atoms with Gasteiger partial charge in [-0.25, -0.2) is 9.97 Å². The smallest absolute Gasteiger partial charge is 0.310 e. The second-order valence-electron chi connectivity index (χ2n) is 6.69. The Labute approximate surface area is 153 Å². The van der Waals surface area contributed by atoms with Crippen LogP contribution in [0.2, 0.25) is 0 Å². The molecule has 2 atom stereocenters. The number of esters is 1. The lowest BCUT2D eigenvalue weighted by Crippen LogP contribution is -2.48. The van der Waals surface area contributed by atoms with Gasteiger partial charge in [0.05, 0.1) is 19.4 Å². The largest absolute Gasteiger partial charge is 0.469 e. The first kappa shape index (κ1) is 18.0. The number of carbonyl (C=O) groups excluding carboxylic acids is 2. The summed E-state index contributed by atoms with van der Waals surface area (Å²) in [6.07, 6.45) is 6.93. The van der Waals surface area contributed by atoms with E-state index in [1.807, 2.05) is 36.1 Å². The van der Waals surface area contributed by atoms with Crippen molar-refractivity contribution in [3.8, 4) is 11.1 Å². The Morgan fingerprint density at radius 3 is 2.46 bits per heavy atom. The number of aromatic nitrogens is 2. The molecule has 0 unspecified atom stereocenters. The van der Waals surface area contributed by atoms with Crippen molar-refractivity contribution in [1.82, 2.24) is 14.9 Å². The lowest BCUT2D eigenvalue weighted by molar-refractivity contribution is -0.150. The number of nitrogens with zero attached hydrogens (tertiary/aromatic N) is 3. The second kappa shape index (κ2) is 8.08. The number of hydrogen-bond donors (Lipinski definition) is 0. The maximum absolute atomic E-state index is 12.7. The van der Waals surface area contributed by atoms with Crippen molar-refractivity contribution in [2.24, 2.45) is 5.92 Å². The van der Waals surface area contributed by atoms with Crippen LogP contribution in [0.5, 0.6) is 0 Å². The molecule has 1 amide bonds. The minimum absolute atomic E-state index is 0.0434. The summed E-state index contributed by atoms with van der Waals surface area (Å²) >= 11 is 0. The van der Waals surface area contributed by atoms with Crippen LogP contribution < -0.4 is 0 Å². The highest BCUT2D eigenvalue weighted by Gasteiger charge is 2.32. The molecule has 1 aromatic carbocycles. The fraction of sp³-hybridized carbons (Fsp3) is 0.400. The Kier molecular flexibility index (Phi) is 5.61. The summed E-state index contributed by atoms with van der Waals surface area (Å²) in [5.41, 5.74) is 2.90. The van der Waals surface area contributed by atoms with E-state index in [4.69, 9.17) is 4.74 Å². The number of benzene rings is 1. The number of amides is 1. The van der Waals surface area contributed by atoms with Gasteiger partial charge in [0.2, 0.25) is 5.91 Å². The fourth-order valence-electron chi connectivity index (χ4n) is 3.35. The molecule has 0 aliphatic carbocycles. The van der Waals surface area contributed by atoms with Gasteiger partial charge in [-0.3, -0.25) is 9.59 Å². The van der Waals surface area contributed by atoms with Gasteiger partial charge in [-0.2, -0.15) is 0 Å². The molecular weight excluding hydrogens is 330 g/mol. The second-order valence-corrected chi connectivity index (χ2v) is 6.69. The van der Waals surface area contributed by atoms with Gasteiger partial charge in [-0.05, 0) is 30.9 Å². The van der Waals surface area contributed by atoms with Crippen LogP contribution in [0.4, 0.5) is 0 Å². The first-order valence-electron chi connectivity index (χ1n) is 8.80. The first-order valence-corrected chi connectivity index (χ1v) is 8.80. The Morgan fingerprint density at radius 1 is 1.12 bits per heavy atom. The number of carbonyl (C=O) groups is 2. The van der Waals surface area contributed by atoms with E-state index in [1.165, 1.54) is 13.4 Å². The van der Waals surface area contributed by atoms with Crippen LogP contribution >= 0.6 is 0 Å². The molecule has 0 spiro atoms. The van der Waals surface area contributed by atoms with Crippen molar-refractivity contribution in [2.45, 2.75) is 32.2 Å². The number of piperidine rings is 1. The Balaban J connectivity index is 1.66. The summed E-state index contributed by atoms with van der Waals surface area (Å²) < 4.78 is 4.84. The Hall–Kier alpha value is -2.76. The van der Waals surface area contributed by atoms with Gasteiger partial charge in [-0.1, -0.05) is 24.3 Å². The van der Waals surface area contributed by atoms with Gasteiger partial charge in [0.1, 0.15) is 6.33 Å². The Bertz CT molecular complexity index is 762. The quantitative estimate of drug-likeness (QED) is 0.790. The summed E-state index contributed by atoms with van der Waals surface area (Å²) in [4.78, 5) is 34.4. The lowest BCUT2D eigenvalue weighted by atomic mass is 9.93. The van der Waals surface area contributed by atoms with Gasteiger partial charge < -0.3 is 9.64 Å². The molecule has 1 saturated heterocycles. The molecule has 1 aliphatic heterocycles. The van der Waals surface area contributed by atoms with Crippen LogP contribution in [-0.2, 0) is 20.7 Å². The Morgan fingerprint density at radius 2 is 1.81 bits per heavy atom. The highest BCUT2D eigenvalue weighted by molar-refractivity contribution is 5.81. The summed E-state index contributed by atoms with van der Waals surface area (Å²) in [5.74, 6) is -0.411. The maximum atomic E-state index is 12.7. The lowest BCUT2D eigenvalue weighted by Gasteiger charge is -2.37. The molecule has 0 radical (unpaired) electrons. The van der Waals surface area contributed by atoms with Crippen LogP contribution in [0.1, 0.15) is 25.3 Å². The molecule has 0 N–H and O–H groups in total. The highest BCUT2D eigenvalue weighted by Crippen LogP contribution is 2.24. The van der Waals surface area contributed by atoms with Crippen LogP contribution in [0.15, 0.2) is 43.0 Å². The minimum Gasteiger partial charge on any atom is -0.469 e. The van der Waals surface area contributed by atoms with E-state index >= 15 is 0 Å². The van der Waals surface area contributed by atoms with Crippen molar-refractivity contribution in [3.05, 3.63) is 48.5 Å². The molecule has 0 saturated carbocycles. The average molecular weight is 353 g/mol. The zero-order valence-electron chi connectivity index (χ0n) is 15.1. The average Bonchev–Trinajstić information content (AvgIpc) is 2.69. The summed E-state index contributed by atoms with van der Waals surface area (Å²) in [5, 5.41) is 0. The predicted molar refractivity (Wildman–Crippen MR) is 97.1 cm³/mol. The van der Waals surface area contributed by atoms with E-state index in [-0.39, 0.29) is 23.8 Å². The van der Waals surface area contributed by atoms with Crippen LogP contribution in [-0.4, -0.2) is 46.4 Å². The molecule has 0 bridgehead atoms. The number of ether oxygens (including phenoxy) is 1. The van der Waals surface area contributed by atoms with Crippen LogP contribution in [0.25, 0.3) is 11.1 Å². The van der Waals surface area contributed by atoms with Gasteiger partial charge in [-0.15, -0.1) is 0 Å². The highest BCUT2D eigenvalue weighted by atomic mass is 16.5. The zero-order chi connectivity index (χ0) is 18.5. The number of likely N-dealkylation sites (tertiary alicyclic amines) is 1. The van der Waals surface area contributed by atoms with Crippen molar-refractivity contribution < 1.29 is 14.3 Å². The molecule has 3 rings (SSSR count). The zero-order valence-corrected chi connectivity index (χ0v) is 15.1. The van der Waals surface area contributed by atoms with Crippen molar-refractivity contribution in [2.75, 3.05) is 13.7 Å². The molecular formula is C20H23N3O3. The first-order chi connectivity index (χ1) is 12.6. The van der Waals surface area contributed by atoms with E-state index < -0.39 is 0 Å². The van der Waals surface area contributed by atoms with E-state index in [9.17, 15) is 9.59 Å². The van der Waals surface area contributed by atoms with Gasteiger partial charge >= 0.3 is 5.97 Å². The maximum Gasteiger partial charge on any atom is 0.310 e. The number of hydrogen-bond acceptors (Lipinski definition) is 5. The van der Waals surface area contributed by atoms with Crippen molar-refractivity contribution >= 4 is 11.9 Å². The van der Waals surface area contributed by atoms with Crippen LogP contribution in [0, 0.1) is 5.92 Å². The molecule has 1 aromatic heterocycles. The molecule has 6 heteroatoms. The van der Waals surface area contributed by atoms with Gasteiger partial charge in [0, 0.05) is 30.5 Å². The third kappa shape index (κ3) is 4.07. The minimum atomic E-state index is -0.232. The third-order valence-electron chi connectivity index (χ3n) is 4.94. The fourth-order valence-corrected chi connectivity index (χ4v) is 3.35. The van der Waals surface area contributed by atoms with Crippen molar-refractivity contribution in [1.29, 1.82) is 0 Å². The normalized spacial score (nSPS) is 19.8. The summed E-state index contributed by atoms with van der Waals surface area (Å²) in [6.45, 7) is 2.47. The van der Waals surface area contributed by atoms with Gasteiger partial charge in [0.25, 0.3) is 0 Å². The van der Waals surface area contributed by atoms with E-state index in [2.05, 4.69) is 9.97 Å². The predicted octanol–water partition coefficient (Wildman–Crippen LogP) is 2.49. The summed E-state index contributed by atoms with van der Waals surface area (Å²) in [6, 6.07) is 7.99. The SMILES string of the molecule is COC(=O)[C@H]1CC[C@@H](C)N(C(=O)Cc2ccc(-c3cncnc3)cc2)C1. The molecule has 26 heavy (non-hydrogen) atoms. The van der Waals surface area contributed by atoms with E-state index in [1.54, 1.807) is 12.4 Å². The van der Waals surface area contributed by atoms with Gasteiger partial charge in [0.15, 0.2) is 0 Å². The number of methoxy groups -OCH3 is 1. The molecule has 2 heterocycles. The topological polar surface area (TPSA) is 72.4 Å². The molecule has 2 aromatic rings. The number of rotatable bonds is 4. The van der Waals surface area contributed by atoms with E-state index in [0.717, 1.165) is 29.5 Å². The summed E-state index contributed by atoms with van der Waals surface area (Å²) in [7, 11) is 1.39. The van der Waals surface area contributed by atoms with Crippen molar-refractivity contribution in [3.63, 3.8) is 0 Å². The van der Waals surface area contributed by atoms with E-state index in [0.29, 0.717) is 13.0 Å². The molecule has 6 nitrogen and oxygen atoms in total. The molecule has 136 valence electrons.